The van der Waals surface area contributed by atoms with Crippen LogP contribution in [0.5, 0.6) is 0 Å². The Balaban J connectivity index is 2.55. The maximum Gasteiger partial charge on any atom is 0.325 e. The first kappa shape index (κ1) is 11.9. The summed E-state index contributed by atoms with van der Waals surface area (Å²) in [7, 11) is 0. The van der Waals surface area contributed by atoms with Crippen LogP contribution in [0.25, 0.3) is 0 Å². The number of nitrogens with two attached hydrogens (primary N) is 1. The molecule has 0 radical (unpaired) electrons. The third kappa shape index (κ3) is 2.90. The van der Waals surface area contributed by atoms with Crippen molar-refractivity contribution in [3.63, 3.8) is 0 Å². The van der Waals surface area contributed by atoms with E-state index in [-0.39, 0.29) is 0 Å². The standard InChI is InChI=1S/C9H16N2O4/c1-6(7(12)13)11-8(14)9(10)2-4-15-5-3-9/h6H,2-5,10H2,1H3,(H,11,14)(H,12,13). The minimum Gasteiger partial charge on any atom is -0.480 e. The normalized spacial score (nSPS) is 21.7. The van der Waals surface area contributed by atoms with E-state index in [1.54, 1.807) is 0 Å². The molecule has 0 aromatic heterocycles. The zero-order valence-corrected chi connectivity index (χ0v) is 8.66. The molecule has 6 nitrogen and oxygen atoms in total. The van der Waals surface area contributed by atoms with Gasteiger partial charge in [0.15, 0.2) is 0 Å². The number of ether oxygens (including phenoxy) is 1. The van der Waals surface area contributed by atoms with E-state index in [2.05, 4.69) is 5.32 Å². The Morgan fingerprint density at radius 3 is 2.47 bits per heavy atom. The van der Waals surface area contributed by atoms with Gasteiger partial charge in [-0.3, -0.25) is 9.59 Å². The highest BCUT2D eigenvalue weighted by atomic mass is 16.5. The lowest BCUT2D eigenvalue weighted by Crippen LogP contribution is -2.59. The number of carboxylic acid groups (broad SMARTS) is 1. The molecule has 15 heavy (non-hydrogen) atoms. The highest BCUT2D eigenvalue weighted by molar-refractivity contribution is 5.89. The molecule has 1 fully saturated rings. The number of carboxylic acids is 1. The van der Waals surface area contributed by atoms with E-state index in [1.807, 2.05) is 0 Å². The van der Waals surface area contributed by atoms with E-state index in [9.17, 15) is 9.59 Å². The van der Waals surface area contributed by atoms with Crippen LogP contribution in [0.3, 0.4) is 0 Å². The Bertz CT molecular complexity index is 261. The number of amides is 1. The van der Waals surface area contributed by atoms with Crippen LogP contribution in [0, 0.1) is 0 Å². The second-order valence-electron chi connectivity index (χ2n) is 3.80. The number of hydrogen-bond acceptors (Lipinski definition) is 4. The maximum atomic E-state index is 11.7. The molecule has 0 aromatic rings. The van der Waals surface area contributed by atoms with Gasteiger partial charge in [-0.25, -0.2) is 0 Å². The fourth-order valence-corrected chi connectivity index (χ4v) is 1.36. The van der Waals surface area contributed by atoms with Gasteiger partial charge < -0.3 is 20.9 Å². The third-order valence-corrected chi connectivity index (χ3v) is 2.56. The Morgan fingerprint density at radius 1 is 1.47 bits per heavy atom. The Hall–Kier alpha value is -1.14. The summed E-state index contributed by atoms with van der Waals surface area (Å²) in [5.41, 5.74) is 4.88. The predicted octanol–water partition coefficient (Wildman–Crippen LogP) is -0.916. The lowest BCUT2D eigenvalue weighted by Gasteiger charge is -2.32. The molecule has 1 saturated heterocycles. The zero-order chi connectivity index (χ0) is 11.5. The van der Waals surface area contributed by atoms with Gasteiger partial charge >= 0.3 is 5.97 Å². The minimum absolute atomic E-state index is 0.416. The smallest absolute Gasteiger partial charge is 0.325 e. The van der Waals surface area contributed by atoms with Crippen LogP contribution >= 0.6 is 0 Å². The van der Waals surface area contributed by atoms with Gasteiger partial charge in [0.1, 0.15) is 6.04 Å². The highest BCUT2D eigenvalue weighted by Crippen LogP contribution is 2.17. The molecule has 0 aromatic carbocycles. The number of carbonyl (C=O) groups excluding carboxylic acids is 1. The van der Waals surface area contributed by atoms with Crippen LogP contribution in [-0.2, 0) is 14.3 Å². The average Bonchev–Trinajstić information content (AvgIpc) is 2.18. The van der Waals surface area contributed by atoms with Gasteiger partial charge in [-0.05, 0) is 19.8 Å². The number of nitrogens with one attached hydrogen (secondary N) is 1. The molecule has 0 saturated carbocycles. The Labute approximate surface area is 87.8 Å². The summed E-state index contributed by atoms with van der Waals surface area (Å²) in [6.07, 6.45) is 0.844. The van der Waals surface area contributed by atoms with Crippen LogP contribution < -0.4 is 11.1 Å². The van der Waals surface area contributed by atoms with Crippen molar-refractivity contribution in [2.45, 2.75) is 31.3 Å². The van der Waals surface area contributed by atoms with E-state index < -0.39 is 23.5 Å². The van der Waals surface area contributed by atoms with Crippen molar-refractivity contribution in [2.75, 3.05) is 13.2 Å². The topological polar surface area (TPSA) is 102 Å². The van der Waals surface area contributed by atoms with Gasteiger partial charge in [0.05, 0.1) is 5.54 Å². The molecule has 0 spiro atoms. The minimum atomic E-state index is -1.07. The average molecular weight is 216 g/mol. The summed E-state index contributed by atoms with van der Waals surface area (Å²) in [5.74, 6) is -1.49. The van der Waals surface area contributed by atoms with E-state index in [0.717, 1.165) is 0 Å². The summed E-state index contributed by atoms with van der Waals surface area (Å²) < 4.78 is 5.09. The van der Waals surface area contributed by atoms with Crippen molar-refractivity contribution in [1.29, 1.82) is 0 Å². The van der Waals surface area contributed by atoms with Crippen molar-refractivity contribution < 1.29 is 19.4 Å². The van der Waals surface area contributed by atoms with Crippen molar-refractivity contribution in [3.8, 4) is 0 Å². The van der Waals surface area contributed by atoms with Crippen molar-refractivity contribution in [3.05, 3.63) is 0 Å². The molecule has 1 unspecified atom stereocenters. The maximum absolute atomic E-state index is 11.7. The van der Waals surface area contributed by atoms with Crippen LogP contribution in [0.1, 0.15) is 19.8 Å². The van der Waals surface area contributed by atoms with Crippen LogP contribution in [0.15, 0.2) is 0 Å². The number of aliphatic carboxylic acids is 1. The van der Waals surface area contributed by atoms with Crippen LogP contribution in [0.2, 0.25) is 0 Å². The summed E-state index contributed by atoms with van der Waals surface area (Å²) >= 11 is 0. The summed E-state index contributed by atoms with van der Waals surface area (Å²) in [6, 6.07) is -0.916. The van der Waals surface area contributed by atoms with Gasteiger partial charge in [-0.2, -0.15) is 0 Å². The molecule has 86 valence electrons. The molecular weight excluding hydrogens is 200 g/mol. The molecule has 1 amide bonds. The van der Waals surface area contributed by atoms with Gasteiger partial charge in [-0.15, -0.1) is 0 Å². The molecule has 6 heteroatoms. The lowest BCUT2D eigenvalue weighted by molar-refractivity contribution is -0.142. The van der Waals surface area contributed by atoms with E-state index >= 15 is 0 Å². The molecule has 0 bridgehead atoms. The molecule has 4 N–H and O–H groups in total. The molecule has 0 aliphatic carbocycles. The molecular formula is C9H16N2O4. The fourth-order valence-electron chi connectivity index (χ4n) is 1.36. The first-order chi connectivity index (χ1) is 6.96. The van der Waals surface area contributed by atoms with E-state index in [1.165, 1.54) is 6.92 Å². The second-order valence-corrected chi connectivity index (χ2v) is 3.80. The molecule has 1 aliphatic heterocycles. The third-order valence-electron chi connectivity index (χ3n) is 2.56. The summed E-state index contributed by atoms with van der Waals surface area (Å²) in [4.78, 5) is 22.2. The first-order valence-electron chi connectivity index (χ1n) is 4.86. The monoisotopic (exact) mass is 216 g/mol. The van der Waals surface area contributed by atoms with E-state index in [4.69, 9.17) is 15.6 Å². The number of carbonyl (C=O) groups is 2. The Kier molecular flexibility index (Phi) is 3.65. The lowest BCUT2D eigenvalue weighted by atomic mass is 9.90. The molecule has 1 rings (SSSR count). The largest absolute Gasteiger partial charge is 0.480 e. The van der Waals surface area contributed by atoms with Gasteiger partial charge in [0.2, 0.25) is 5.91 Å². The molecule has 1 atom stereocenters. The summed E-state index contributed by atoms with van der Waals surface area (Å²) in [6.45, 7) is 2.28. The fraction of sp³-hybridized carbons (Fsp3) is 0.778. The van der Waals surface area contributed by atoms with Gasteiger partial charge in [-0.1, -0.05) is 0 Å². The van der Waals surface area contributed by atoms with Gasteiger partial charge in [0.25, 0.3) is 0 Å². The first-order valence-corrected chi connectivity index (χ1v) is 4.86. The zero-order valence-electron chi connectivity index (χ0n) is 8.66. The van der Waals surface area contributed by atoms with Crippen molar-refractivity contribution in [1.82, 2.24) is 5.32 Å². The second kappa shape index (κ2) is 4.59. The van der Waals surface area contributed by atoms with Crippen molar-refractivity contribution in [2.24, 2.45) is 5.73 Å². The molecule has 1 aliphatic rings. The number of hydrogen-bond donors (Lipinski definition) is 3. The Morgan fingerprint density at radius 2 is 2.00 bits per heavy atom. The number of rotatable bonds is 3. The van der Waals surface area contributed by atoms with Gasteiger partial charge in [0, 0.05) is 13.2 Å². The summed E-state index contributed by atoms with van der Waals surface area (Å²) in [5, 5.41) is 11.0. The predicted molar refractivity (Wildman–Crippen MR) is 52.2 cm³/mol. The van der Waals surface area contributed by atoms with Crippen LogP contribution in [0.4, 0.5) is 0 Å². The highest BCUT2D eigenvalue weighted by Gasteiger charge is 2.36. The quantitative estimate of drug-likeness (QED) is 0.566. The molecule has 1 heterocycles. The van der Waals surface area contributed by atoms with Crippen molar-refractivity contribution >= 4 is 11.9 Å². The SMILES string of the molecule is CC(NC(=O)C1(N)CCOCC1)C(=O)O. The van der Waals surface area contributed by atoms with Crippen LogP contribution in [-0.4, -0.2) is 41.8 Å². The van der Waals surface area contributed by atoms with E-state index in [0.29, 0.717) is 26.1 Å².